The summed E-state index contributed by atoms with van der Waals surface area (Å²) in [6.45, 7) is -0.672. The second-order valence-electron chi connectivity index (χ2n) is 3.87. The van der Waals surface area contributed by atoms with E-state index in [2.05, 4.69) is 0 Å². The molecule has 2 N–H and O–H groups in total. The van der Waals surface area contributed by atoms with Gasteiger partial charge in [-0.15, -0.1) is 0 Å². The second-order valence-corrected chi connectivity index (χ2v) is 6.29. The molecule has 0 spiro atoms. The van der Waals surface area contributed by atoms with E-state index in [9.17, 15) is 26.4 Å². The number of nitrogens with two attached hydrogens (primary N) is 1. The van der Waals surface area contributed by atoms with Crippen molar-refractivity contribution in [2.24, 2.45) is 5.73 Å². The number of sulfonamides is 1. The number of likely N-dealkylation sites (N-methyl/N-ethyl adjacent to an activating group) is 1. The third kappa shape index (κ3) is 3.62. The zero-order valence-electron chi connectivity index (χ0n) is 10.1. The molecule has 0 aliphatic carbocycles. The summed E-state index contributed by atoms with van der Waals surface area (Å²) in [5.41, 5.74) is 3.69. The van der Waals surface area contributed by atoms with Crippen molar-refractivity contribution in [3.63, 3.8) is 0 Å². The molecule has 0 aliphatic rings. The molecule has 112 valence electrons. The van der Waals surface area contributed by atoms with Crippen LogP contribution in [0.25, 0.3) is 0 Å². The smallest absolute Gasteiger partial charge is 0.369 e. The van der Waals surface area contributed by atoms with Gasteiger partial charge in [-0.05, 0) is 18.2 Å². The van der Waals surface area contributed by atoms with Gasteiger partial charge in [0.05, 0.1) is 17.1 Å². The molecule has 20 heavy (non-hydrogen) atoms. The molecular weight excluding hydrogens is 321 g/mol. The minimum Gasteiger partial charge on any atom is -0.369 e. The van der Waals surface area contributed by atoms with Crippen LogP contribution in [-0.2, 0) is 21.0 Å². The lowest BCUT2D eigenvalue weighted by Crippen LogP contribution is -2.35. The number of nitrogens with zero attached hydrogens (tertiary/aromatic N) is 1. The monoisotopic (exact) mass is 330 g/mol. The summed E-state index contributed by atoms with van der Waals surface area (Å²) in [6, 6.07) is 1.90. The topological polar surface area (TPSA) is 80.5 Å². The number of carbonyl (C=O) groups excluding carboxylic acids is 1. The van der Waals surface area contributed by atoms with Crippen molar-refractivity contribution in [3.8, 4) is 0 Å². The Labute approximate surface area is 118 Å². The summed E-state index contributed by atoms with van der Waals surface area (Å²) in [6.07, 6.45) is -4.71. The van der Waals surface area contributed by atoms with Gasteiger partial charge in [-0.25, -0.2) is 8.42 Å². The Morgan fingerprint density at radius 1 is 1.40 bits per heavy atom. The predicted octanol–water partition coefficient (Wildman–Crippen LogP) is 1.46. The van der Waals surface area contributed by atoms with Gasteiger partial charge in [0.2, 0.25) is 15.9 Å². The van der Waals surface area contributed by atoms with Crippen molar-refractivity contribution >= 4 is 27.5 Å². The van der Waals surface area contributed by atoms with Crippen molar-refractivity contribution in [2.45, 2.75) is 11.1 Å². The second kappa shape index (κ2) is 5.58. The summed E-state index contributed by atoms with van der Waals surface area (Å²) < 4.78 is 62.3. The van der Waals surface area contributed by atoms with Crippen LogP contribution < -0.4 is 5.73 Å². The molecule has 0 aromatic heterocycles. The van der Waals surface area contributed by atoms with Crippen LogP contribution in [0.15, 0.2) is 23.1 Å². The molecule has 0 aliphatic heterocycles. The van der Waals surface area contributed by atoms with Crippen molar-refractivity contribution in [1.82, 2.24) is 4.31 Å². The molecule has 0 saturated heterocycles. The number of rotatable bonds is 4. The molecule has 0 radical (unpaired) electrons. The van der Waals surface area contributed by atoms with E-state index in [0.717, 1.165) is 13.1 Å². The van der Waals surface area contributed by atoms with E-state index in [4.69, 9.17) is 17.3 Å². The van der Waals surface area contributed by atoms with Crippen LogP contribution >= 0.6 is 11.6 Å². The first-order chi connectivity index (χ1) is 8.96. The summed E-state index contributed by atoms with van der Waals surface area (Å²) in [5, 5.41) is -0.380. The van der Waals surface area contributed by atoms with Gasteiger partial charge in [-0.3, -0.25) is 4.79 Å². The van der Waals surface area contributed by atoms with Gasteiger partial charge < -0.3 is 5.73 Å². The van der Waals surface area contributed by atoms with Crippen molar-refractivity contribution in [3.05, 3.63) is 28.8 Å². The molecule has 10 heteroatoms. The molecule has 0 unspecified atom stereocenters. The fourth-order valence-corrected chi connectivity index (χ4v) is 2.98. The highest BCUT2D eigenvalue weighted by molar-refractivity contribution is 7.89. The van der Waals surface area contributed by atoms with E-state index < -0.39 is 39.1 Å². The van der Waals surface area contributed by atoms with Crippen LogP contribution in [0.2, 0.25) is 5.02 Å². The quantitative estimate of drug-likeness (QED) is 0.907. The standard InChI is InChI=1S/C10H10ClF3N2O3S/c1-16(5-9(15)17)20(18,19)8-4-6(10(12,13)14)2-3-7(8)11/h2-4H,5H2,1H3,(H2,15,17). The average Bonchev–Trinajstić information content (AvgIpc) is 2.26. The Balaban J connectivity index is 3.34. The first-order valence-electron chi connectivity index (χ1n) is 5.07. The molecule has 0 bridgehead atoms. The van der Waals surface area contributed by atoms with E-state index in [0.29, 0.717) is 16.4 Å². The molecule has 1 aromatic carbocycles. The third-order valence-electron chi connectivity index (χ3n) is 2.33. The molecular formula is C10H10ClF3N2O3S. The summed E-state index contributed by atoms with van der Waals surface area (Å²) in [5.74, 6) is -0.945. The number of carbonyl (C=O) groups is 1. The van der Waals surface area contributed by atoms with E-state index >= 15 is 0 Å². The van der Waals surface area contributed by atoms with E-state index in [1.165, 1.54) is 0 Å². The molecule has 1 rings (SSSR count). The van der Waals surface area contributed by atoms with E-state index in [1.54, 1.807) is 0 Å². The maximum atomic E-state index is 12.6. The zero-order valence-corrected chi connectivity index (χ0v) is 11.7. The molecule has 0 saturated carbocycles. The largest absolute Gasteiger partial charge is 0.416 e. The molecule has 1 aromatic rings. The highest BCUT2D eigenvalue weighted by atomic mass is 35.5. The molecule has 0 heterocycles. The van der Waals surface area contributed by atoms with Gasteiger partial charge in [0.25, 0.3) is 0 Å². The number of amides is 1. The summed E-state index contributed by atoms with van der Waals surface area (Å²) in [7, 11) is -3.34. The fraction of sp³-hybridized carbons (Fsp3) is 0.300. The van der Waals surface area contributed by atoms with Gasteiger partial charge in [0.15, 0.2) is 0 Å². The van der Waals surface area contributed by atoms with Crippen molar-refractivity contribution in [1.29, 1.82) is 0 Å². The normalized spacial score (nSPS) is 12.7. The molecule has 0 fully saturated rings. The number of hydrogen-bond donors (Lipinski definition) is 1. The lowest BCUT2D eigenvalue weighted by Gasteiger charge is -2.17. The van der Waals surface area contributed by atoms with Gasteiger partial charge in [-0.2, -0.15) is 17.5 Å². The maximum Gasteiger partial charge on any atom is 0.416 e. The van der Waals surface area contributed by atoms with Gasteiger partial charge in [-0.1, -0.05) is 11.6 Å². The number of benzene rings is 1. The lowest BCUT2D eigenvalue weighted by molar-refractivity contribution is -0.137. The Kier molecular flexibility index (Phi) is 4.67. The Hall–Kier alpha value is -1.32. The number of primary amides is 1. The number of alkyl halides is 3. The van der Waals surface area contributed by atoms with Crippen LogP contribution in [0.3, 0.4) is 0 Å². The van der Waals surface area contributed by atoms with Crippen LogP contribution in [0.4, 0.5) is 13.2 Å². The number of halogens is 4. The van der Waals surface area contributed by atoms with Crippen LogP contribution in [0.1, 0.15) is 5.56 Å². The molecule has 0 atom stereocenters. The van der Waals surface area contributed by atoms with Gasteiger partial charge in [0, 0.05) is 7.05 Å². The van der Waals surface area contributed by atoms with E-state index in [1.807, 2.05) is 0 Å². The predicted molar refractivity (Wildman–Crippen MR) is 65.5 cm³/mol. The maximum absolute atomic E-state index is 12.6. The first kappa shape index (κ1) is 16.7. The Bertz CT molecular complexity index is 631. The number of hydrogen-bond acceptors (Lipinski definition) is 3. The third-order valence-corrected chi connectivity index (χ3v) is 4.61. The minimum atomic E-state index is -4.71. The Morgan fingerprint density at radius 3 is 2.40 bits per heavy atom. The molecule has 5 nitrogen and oxygen atoms in total. The zero-order chi connectivity index (χ0) is 15.7. The van der Waals surface area contributed by atoms with Crippen LogP contribution in [0.5, 0.6) is 0 Å². The lowest BCUT2D eigenvalue weighted by atomic mass is 10.2. The first-order valence-corrected chi connectivity index (χ1v) is 6.89. The highest BCUT2D eigenvalue weighted by Gasteiger charge is 2.33. The SMILES string of the molecule is CN(CC(N)=O)S(=O)(=O)c1cc(C(F)(F)F)ccc1Cl. The summed E-state index contributed by atoms with van der Waals surface area (Å²) >= 11 is 5.62. The summed E-state index contributed by atoms with van der Waals surface area (Å²) in [4.78, 5) is 9.96. The van der Waals surface area contributed by atoms with Gasteiger partial charge >= 0.3 is 6.18 Å². The van der Waals surface area contributed by atoms with Crippen LogP contribution in [0, 0.1) is 0 Å². The van der Waals surface area contributed by atoms with Crippen molar-refractivity contribution < 1.29 is 26.4 Å². The van der Waals surface area contributed by atoms with Crippen molar-refractivity contribution in [2.75, 3.05) is 13.6 Å². The van der Waals surface area contributed by atoms with Crippen LogP contribution in [-0.4, -0.2) is 32.2 Å². The Morgan fingerprint density at radius 2 is 1.95 bits per heavy atom. The molecule has 1 amide bonds. The minimum absolute atomic E-state index is 0.380. The van der Waals surface area contributed by atoms with E-state index in [-0.39, 0.29) is 5.02 Å². The average molecular weight is 331 g/mol. The fourth-order valence-electron chi connectivity index (χ4n) is 1.35. The highest BCUT2D eigenvalue weighted by Crippen LogP contribution is 2.34. The van der Waals surface area contributed by atoms with Gasteiger partial charge in [0.1, 0.15) is 4.90 Å².